The van der Waals surface area contributed by atoms with E-state index < -0.39 is 22.2 Å². The summed E-state index contributed by atoms with van der Waals surface area (Å²) in [5.41, 5.74) is 6.48. The first-order valence-electron chi connectivity index (χ1n) is 8.61. The molecule has 4 rings (SSSR count). The third-order valence-corrected chi connectivity index (χ3v) is 6.50. The molecule has 1 fully saturated rings. The van der Waals surface area contributed by atoms with Crippen molar-refractivity contribution in [3.63, 3.8) is 0 Å². The molecule has 28 heavy (non-hydrogen) atoms. The molecule has 0 spiro atoms. The molecule has 0 amide bonds. The molecule has 148 valence electrons. The molecule has 0 bridgehead atoms. The number of hydrogen-bond acceptors (Lipinski definition) is 7. The zero-order valence-corrected chi connectivity index (χ0v) is 16.1. The Labute approximate surface area is 164 Å². The molecule has 1 aromatic heterocycles. The lowest BCUT2D eigenvalue weighted by Gasteiger charge is -2.36. The van der Waals surface area contributed by atoms with Crippen LogP contribution in [0.2, 0.25) is 0 Å². The molecule has 1 saturated heterocycles. The maximum absolute atomic E-state index is 14.7. The third-order valence-electron chi connectivity index (χ3n) is 5.12. The van der Waals surface area contributed by atoms with Crippen LogP contribution in [0.3, 0.4) is 0 Å². The van der Waals surface area contributed by atoms with Gasteiger partial charge in [0.15, 0.2) is 5.17 Å². The predicted molar refractivity (Wildman–Crippen MR) is 101 cm³/mol. The van der Waals surface area contributed by atoms with Crippen LogP contribution in [0.25, 0.3) is 0 Å². The van der Waals surface area contributed by atoms with E-state index in [1.807, 2.05) is 4.90 Å². The highest BCUT2D eigenvalue weighted by Crippen LogP contribution is 2.51. The number of fused-ring (bicyclic) bond motifs is 1. The zero-order chi connectivity index (χ0) is 20.1. The number of benzene rings is 1. The van der Waals surface area contributed by atoms with Gasteiger partial charge in [-0.1, -0.05) is 17.8 Å². The lowest BCUT2D eigenvalue weighted by molar-refractivity contribution is 0.365. The van der Waals surface area contributed by atoms with Gasteiger partial charge < -0.3 is 15.4 Å². The largest absolute Gasteiger partial charge is 0.479 e. The fourth-order valence-corrected chi connectivity index (χ4v) is 5.09. The van der Waals surface area contributed by atoms with Crippen molar-refractivity contribution in [2.24, 2.45) is 16.6 Å². The van der Waals surface area contributed by atoms with Crippen LogP contribution in [-0.2, 0) is 4.75 Å². The Kier molecular flexibility index (Phi) is 4.60. The van der Waals surface area contributed by atoms with Crippen LogP contribution >= 0.6 is 11.8 Å². The van der Waals surface area contributed by atoms with E-state index in [1.54, 1.807) is 0 Å². The summed E-state index contributed by atoms with van der Waals surface area (Å²) >= 11 is 1.26. The van der Waals surface area contributed by atoms with E-state index >= 15 is 0 Å². The van der Waals surface area contributed by atoms with Crippen LogP contribution in [0.15, 0.2) is 23.2 Å². The maximum Gasteiger partial charge on any atom is 0.255 e. The maximum atomic E-state index is 14.7. The Balaban J connectivity index is 1.78. The number of thioether (sulfide) groups is 1. The van der Waals surface area contributed by atoms with Crippen molar-refractivity contribution in [2.75, 3.05) is 31.6 Å². The van der Waals surface area contributed by atoms with Gasteiger partial charge in [0.1, 0.15) is 11.6 Å². The standard InChI is InChI=1S/C18H18F3N5OS/c1-9-14(21)15(27-2)25-17(24-9)26-7-10-6-23-16(22)28-18(10,8-26)12-4-3-11(19)5-13(12)20/h3-5,10H,6-8H2,1-2H3,(H2,22,23)/t10-,18-/m0/s1. The zero-order valence-electron chi connectivity index (χ0n) is 15.2. The molecule has 0 unspecified atom stereocenters. The van der Waals surface area contributed by atoms with Crippen molar-refractivity contribution in [2.45, 2.75) is 11.7 Å². The van der Waals surface area contributed by atoms with Gasteiger partial charge >= 0.3 is 0 Å². The molecule has 2 atom stereocenters. The second kappa shape index (κ2) is 6.84. The quantitative estimate of drug-likeness (QED) is 0.840. The first-order chi connectivity index (χ1) is 13.3. The van der Waals surface area contributed by atoms with Gasteiger partial charge in [0.05, 0.1) is 17.6 Å². The summed E-state index contributed by atoms with van der Waals surface area (Å²) in [6.45, 7) is 2.70. The van der Waals surface area contributed by atoms with Crippen molar-refractivity contribution >= 4 is 22.9 Å². The van der Waals surface area contributed by atoms with Crippen LogP contribution in [0.5, 0.6) is 5.88 Å². The van der Waals surface area contributed by atoms with Crippen LogP contribution < -0.4 is 15.4 Å². The molecule has 2 N–H and O–H groups in total. The number of aromatic nitrogens is 2. The van der Waals surface area contributed by atoms with Crippen LogP contribution in [-0.4, -0.2) is 41.9 Å². The number of aryl methyl sites for hydroxylation is 1. The first-order valence-corrected chi connectivity index (χ1v) is 9.43. The monoisotopic (exact) mass is 409 g/mol. The van der Waals surface area contributed by atoms with E-state index in [4.69, 9.17) is 10.5 Å². The molecule has 10 heteroatoms. The molecule has 2 aromatic rings. The Hall–Kier alpha value is -2.49. The van der Waals surface area contributed by atoms with Gasteiger partial charge in [-0.25, -0.2) is 13.8 Å². The van der Waals surface area contributed by atoms with Gasteiger partial charge in [0.2, 0.25) is 11.8 Å². The lowest BCUT2D eigenvalue weighted by Crippen LogP contribution is -2.40. The van der Waals surface area contributed by atoms with Gasteiger partial charge in [0, 0.05) is 37.2 Å². The molecule has 1 aromatic carbocycles. The Morgan fingerprint density at radius 2 is 2.07 bits per heavy atom. The second-order valence-electron chi connectivity index (χ2n) is 6.80. The molecule has 0 radical (unpaired) electrons. The summed E-state index contributed by atoms with van der Waals surface area (Å²) in [5, 5.41) is 0.343. The van der Waals surface area contributed by atoms with Crippen molar-refractivity contribution in [3.05, 3.63) is 46.9 Å². The van der Waals surface area contributed by atoms with Crippen molar-refractivity contribution in [3.8, 4) is 5.88 Å². The van der Waals surface area contributed by atoms with E-state index in [-0.39, 0.29) is 23.4 Å². The molecular formula is C18H18F3N5OS. The van der Waals surface area contributed by atoms with E-state index in [1.165, 1.54) is 37.9 Å². The molecule has 2 aliphatic rings. The minimum atomic E-state index is -0.775. The molecule has 2 aliphatic heterocycles. The number of halogens is 3. The second-order valence-corrected chi connectivity index (χ2v) is 8.16. The number of anilines is 1. The number of nitrogens with two attached hydrogens (primary N) is 1. The highest BCUT2D eigenvalue weighted by Gasteiger charge is 2.53. The summed E-state index contributed by atoms with van der Waals surface area (Å²) in [5.74, 6) is -1.88. The lowest BCUT2D eigenvalue weighted by atomic mass is 9.87. The van der Waals surface area contributed by atoms with Gasteiger partial charge in [-0.3, -0.25) is 4.99 Å². The summed E-state index contributed by atoms with van der Waals surface area (Å²) in [7, 11) is 1.33. The Morgan fingerprint density at radius 3 is 2.79 bits per heavy atom. The van der Waals surface area contributed by atoms with E-state index in [9.17, 15) is 13.2 Å². The minimum Gasteiger partial charge on any atom is -0.479 e. The fraction of sp³-hybridized carbons (Fsp3) is 0.389. The fourth-order valence-electron chi connectivity index (χ4n) is 3.77. The van der Waals surface area contributed by atoms with E-state index in [0.29, 0.717) is 30.4 Å². The van der Waals surface area contributed by atoms with Gasteiger partial charge in [-0.2, -0.15) is 9.37 Å². The molecule has 0 saturated carbocycles. The predicted octanol–water partition coefficient (Wildman–Crippen LogP) is 2.60. The Morgan fingerprint density at radius 1 is 1.29 bits per heavy atom. The SMILES string of the molecule is COc1nc(N2C[C@@H]3CN=C(N)S[C@@]3(c3ccc(F)cc3F)C2)nc(C)c1F. The van der Waals surface area contributed by atoms with E-state index in [0.717, 1.165) is 6.07 Å². The van der Waals surface area contributed by atoms with Crippen molar-refractivity contribution < 1.29 is 17.9 Å². The number of ether oxygens (including phenoxy) is 1. The average Bonchev–Trinajstić information content (AvgIpc) is 3.03. The van der Waals surface area contributed by atoms with Crippen LogP contribution in [0, 0.1) is 30.3 Å². The minimum absolute atomic E-state index is 0.107. The summed E-state index contributed by atoms with van der Waals surface area (Å²) in [4.78, 5) is 14.5. The van der Waals surface area contributed by atoms with Gasteiger partial charge in [-0.15, -0.1) is 0 Å². The number of aliphatic imine (C=N–C) groups is 1. The number of amidine groups is 1. The molecule has 6 nitrogen and oxygen atoms in total. The average molecular weight is 409 g/mol. The molecule has 0 aliphatic carbocycles. The van der Waals surface area contributed by atoms with Crippen molar-refractivity contribution in [1.82, 2.24) is 9.97 Å². The van der Waals surface area contributed by atoms with Crippen LogP contribution in [0.4, 0.5) is 19.1 Å². The smallest absolute Gasteiger partial charge is 0.255 e. The number of rotatable bonds is 3. The molecular weight excluding hydrogens is 391 g/mol. The topological polar surface area (TPSA) is 76.6 Å². The summed E-state index contributed by atoms with van der Waals surface area (Å²) < 4.78 is 46.5. The summed E-state index contributed by atoms with van der Waals surface area (Å²) in [6.07, 6.45) is 0. The molecule has 3 heterocycles. The van der Waals surface area contributed by atoms with Crippen molar-refractivity contribution in [1.29, 1.82) is 0 Å². The normalized spacial score (nSPS) is 24.1. The summed E-state index contributed by atoms with van der Waals surface area (Å²) in [6, 6.07) is 3.55. The number of nitrogens with zero attached hydrogens (tertiary/aromatic N) is 4. The highest BCUT2D eigenvalue weighted by atomic mass is 32.2. The van der Waals surface area contributed by atoms with Crippen LogP contribution in [0.1, 0.15) is 11.3 Å². The Bertz CT molecular complexity index is 972. The van der Waals surface area contributed by atoms with Gasteiger partial charge in [0.25, 0.3) is 5.88 Å². The number of hydrogen-bond donors (Lipinski definition) is 1. The van der Waals surface area contributed by atoms with E-state index in [2.05, 4.69) is 15.0 Å². The third kappa shape index (κ3) is 2.95. The number of methoxy groups -OCH3 is 1. The highest BCUT2D eigenvalue weighted by molar-refractivity contribution is 8.14. The first kappa shape index (κ1) is 18.9. The van der Waals surface area contributed by atoms with Gasteiger partial charge in [-0.05, 0) is 13.0 Å².